The first-order valence-corrected chi connectivity index (χ1v) is 5.97. The summed E-state index contributed by atoms with van der Waals surface area (Å²) < 4.78 is 5.30. The Morgan fingerprint density at radius 3 is 2.47 bits per heavy atom. The molecule has 0 N–H and O–H groups in total. The fraction of sp³-hybridized carbons (Fsp3) is 0.143. The molecule has 0 amide bonds. The minimum absolute atomic E-state index is 0.693. The van der Waals surface area contributed by atoms with Crippen LogP contribution in [-0.4, -0.2) is 7.11 Å². The Labute approximate surface area is 111 Å². The lowest BCUT2D eigenvalue weighted by molar-refractivity contribution is 0.412. The van der Waals surface area contributed by atoms with Crippen molar-refractivity contribution in [2.45, 2.75) is 6.92 Å². The lowest BCUT2D eigenvalue weighted by atomic mass is 10.0. The normalized spacial score (nSPS) is 10.4. The van der Waals surface area contributed by atoms with E-state index in [0.29, 0.717) is 10.0 Å². The molecule has 0 fully saturated rings. The summed E-state index contributed by atoms with van der Waals surface area (Å²) in [4.78, 5) is 0. The first-order chi connectivity index (χ1) is 8.11. The maximum absolute atomic E-state index is 6.25. The average molecular weight is 267 g/mol. The molecule has 0 aromatic heterocycles. The van der Waals surface area contributed by atoms with Gasteiger partial charge in [0, 0.05) is 15.6 Å². The van der Waals surface area contributed by atoms with E-state index < -0.39 is 0 Å². The van der Waals surface area contributed by atoms with Gasteiger partial charge in [0.25, 0.3) is 0 Å². The summed E-state index contributed by atoms with van der Waals surface area (Å²) in [6, 6.07) is 11.4. The summed E-state index contributed by atoms with van der Waals surface area (Å²) >= 11 is 12.2. The van der Waals surface area contributed by atoms with Crippen LogP contribution < -0.4 is 4.74 Å². The highest BCUT2D eigenvalue weighted by atomic mass is 35.5. The Kier molecular flexibility index (Phi) is 3.60. The largest absolute Gasteiger partial charge is 0.496 e. The van der Waals surface area contributed by atoms with Crippen molar-refractivity contribution in [2.75, 3.05) is 7.11 Å². The van der Waals surface area contributed by atoms with E-state index >= 15 is 0 Å². The first kappa shape index (κ1) is 12.3. The van der Waals surface area contributed by atoms with Gasteiger partial charge in [-0.3, -0.25) is 0 Å². The molecule has 0 spiro atoms. The van der Waals surface area contributed by atoms with Crippen molar-refractivity contribution in [3.05, 3.63) is 52.0 Å². The van der Waals surface area contributed by atoms with E-state index in [2.05, 4.69) is 0 Å². The third-order valence-electron chi connectivity index (χ3n) is 2.62. The number of ether oxygens (including phenoxy) is 1. The van der Waals surface area contributed by atoms with Crippen molar-refractivity contribution in [3.8, 4) is 16.9 Å². The molecule has 0 aliphatic heterocycles. The second-order valence-corrected chi connectivity index (χ2v) is 4.66. The smallest absolute Gasteiger partial charge is 0.122 e. The summed E-state index contributed by atoms with van der Waals surface area (Å²) in [5, 5.41) is 1.39. The van der Waals surface area contributed by atoms with Crippen molar-refractivity contribution in [3.63, 3.8) is 0 Å². The lowest BCUT2D eigenvalue weighted by Gasteiger charge is -2.10. The number of halogens is 2. The van der Waals surface area contributed by atoms with Crippen molar-refractivity contribution >= 4 is 23.2 Å². The number of benzene rings is 2. The predicted molar refractivity (Wildman–Crippen MR) is 73.2 cm³/mol. The zero-order chi connectivity index (χ0) is 12.4. The van der Waals surface area contributed by atoms with Crippen LogP contribution in [-0.2, 0) is 0 Å². The molecule has 0 aliphatic carbocycles. The maximum atomic E-state index is 6.25. The molecule has 2 aromatic rings. The number of hydrogen-bond acceptors (Lipinski definition) is 1. The van der Waals surface area contributed by atoms with Crippen molar-refractivity contribution < 1.29 is 4.74 Å². The van der Waals surface area contributed by atoms with Crippen LogP contribution >= 0.6 is 23.2 Å². The van der Waals surface area contributed by atoms with Gasteiger partial charge in [-0.1, -0.05) is 35.3 Å². The van der Waals surface area contributed by atoms with Crippen LogP contribution in [0.3, 0.4) is 0 Å². The third kappa shape index (κ3) is 2.56. The number of aryl methyl sites for hydroxylation is 1. The average Bonchev–Trinajstić information content (AvgIpc) is 2.29. The molecular weight excluding hydrogens is 255 g/mol. The van der Waals surface area contributed by atoms with Gasteiger partial charge in [-0.2, -0.15) is 0 Å². The van der Waals surface area contributed by atoms with Gasteiger partial charge in [0.15, 0.2) is 0 Å². The van der Waals surface area contributed by atoms with Crippen LogP contribution in [0.15, 0.2) is 36.4 Å². The molecule has 2 rings (SSSR count). The van der Waals surface area contributed by atoms with Gasteiger partial charge < -0.3 is 4.74 Å². The van der Waals surface area contributed by atoms with Gasteiger partial charge in [0.1, 0.15) is 5.75 Å². The molecule has 0 saturated carbocycles. The van der Waals surface area contributed by atoms with Crippen LogP contribution in [0.5, 0.6) is 5.75 Å². The quantitative estimate of drug-likeness (QED) is 0.745. The van der Waals surface area contributed by atoms with E-state index in [1.165, 1.54) is 0 Å². The zero-order valence-corrected chi connectivity index (χ0v) is 11.1. The molecular formula is C14H12Cl2O. The summed E-state index contributed by atoms with van der Waals surface area (Å²) in [6.07, 6.45) is 0. The van der Waals surface area contributed by atoms with E-state index in [1.54, 1.807) is 7.11 Å². The fourth-order valence-corrected chi connectivity index (χ4v) is 2.27. The summed E-state index contributed by atoms with van der Waals surface area (Å²) in [5.41, 5.74) is 2.93. The summed E-state index contributed by atoms with van der Waals surface area (Å²) in [7, 11) is 1.65. The molecule has 2 aromatic carbocycles. The predicted octanol–water partition coefficient (Wildman–Crippen LogP) is 4.98. The fourth-order valence-electron chi connectivity index (χ4n) is 1.75. The van der Waals surface area contributed by atoms with Crippen LogP contribution in [0.1, 0.15) is 5.56 Å². The molecule has 0 unspecified atom stereocenters. The number of rotatable bonds is 2. The number of hydrogen-bond donors (Lipinski definition) is 0. The molecule has 17 heavy (non-hydrogen) atoms. The van der Waals surface area contributed by atoms with Crippen molar-refractivity contribution in [1.82, 2.24) is 0 Å². The van der Waals surface area contributed by atoms with Gasteiger partial charge in [-0.05, 0) is 42.3 Å². The Balaban J connectivity index is 2.59. The first-order valence-electron chi connectivity index (χ1n) is 5.22. The highest BCUT2D eigenvalue weighted by molar-refractivity contribution is 6.34. The third-order valence-corrected chi connectivity index (χ3v) is 3.17. The van der Waals surface area contributed by atoms with Gasteiger partial charge in [0.05, 0.1) is 7.11 Å². The molecule has 0 saturated heterocycles. The van der Waals surface area contributed by atoms with Crippen molar-refractivity contribution in [1.29, 1.82) is 0 Å². The second-order valence-electron chi connectivity index (χ2n) is 3.81. The molecule has 0 atom stereocenters. The molecule has 0 heterocycles. The molecule has 0 bridgehead atoms. The minimum atomic E-state index is 0.693. The zero-order valence-electron chi connectivity index (χ0n) is 9.63. The van der Waals surface area contributed by atoms with Gasteiger partial charge in [-0.25, -0.2) is 0 Å². The summed E-state index contributed by atoms with van der Waals surface area (Å²) in [6.45, 7) is 1.96. The van der Waals surface area contributed by atoms with Crippen LogP contribution in [0.4, 0.5) is 0 Å². The highest BCUT2D eigenvalue weighted by Crippen LogP contribution is 2.34. The molecule has 0 aliphatic rings. The maximum Gasteiger partial charge on any atom is 0.122 e. The molecule has 3 heteroatoms. The second kappa shape index (κ2) is 4.99. The molecule has 0 radical (unpaired) electrons. The lowest BCUT2D eigenvalue weighted by Crippen LogP contribution is -1.89. The molecule has 1 nitrogen and oxygen atoms in total. The SMILES string of the molecule is COc1cc(-c2cccc(Cl)c2)c(Cl)cc1C. The monoisotopic (exact) mass is 266 g/mol. The minimum Gasteiger partial charge on any atom is -0.496 e. The van der Waals surface area contributed by atoms with E-state index in [0.717, 1.165) is 22.4 Å². The van der Waals surface area contributed by atoms with E-state index in [9.17, 15) is 0 Å². The summed E-state index contributed by atoms with van der Waals surface area (Å²) in [5.74, 6) is 0.823. The van der Waals surface area contributed by atoms with Gasteiger partial charge in [-0.15, -0.1) is 0 Å². The van der Waals surface area contributed by atoms with Crippen molar-refractivity contribution in [2.24, 2.45) is 0 Å². The standard InChI is InChI=1S/C14H12Cl2O/c1-9-6-13(16)12(8-14(9)17-2)10-4-3-5-11(15)7-10/h3-8H,1-2H3. The Hall–Kier alpha value is -1.18. The van der Waals surface area contributed by atoms with Crippen LogP contribution in [0.25, 0.3) is 11.1 Å². The topological polar surface area (TPSA) is 9.23 Å². The van der Waals surface area contributed by atoms with Crippen LogP contribution in [0, 0.1) is 6.92 Å². The van der Waals surface area contributed by atoms with Crippen LogP contribution in [0.2, 0.25) is 10.0 Å². The van der Waals surface area contributed by atoms with Gasteiger partial charge in [0.2, 0.25) is 0 Å². The van der Waals surface area contributed by atoms with Gasteiger partial charge >= 0.3 is 0 Å². The highest BCUT2D eigenvalue weighted by Gasteiger charge is 2.08. The van der Waals surface area contributed by atoms with E-state index in [1.807, 2.05) is 43.3 Å². The Bertz CT molecular complexity index is 550. The molecule has 88 valence electrons. The van der Waals surface area contributed by atoms with E-state index in [4.69, 9.17) is 27.9 Å². The van der Waals surface area contributed by atoms with E-state index in [-0.39, 0.29) is 0 Å². The Morgan fingerprint density at radius 1 is 1.06 bits per heavy atom. The Morgan fingerprint density at radius 2 is 1.82 bits per heavy atom. The number of methoxy groups -OCH3 is 1.